The number of fused-ring (bicyclic) bond motifs is 1. The van der Waals surface area contributed by atoms with Crippen molar-refractivity contribution in [2.75, 3.05) is 12.4 Å². The number of ether oxygens (including phenoxy) is 1. The van der Waals surface area contributed by atoms with Crippen molar-refractivity contribution in [3.05, 3.63) is 71.3 Å². The summed E-state index contributed by atoms with van der Waals surface area (Å²) in [5, 5.41) is 9.74. The highest BCUT2D eigenvalue weighted by molar-refractivity contribution is 6.02. The summed E-state index contributed by atoms with van der Waals surface area (Å²) in [4.78, 5) is 26.8. The summed E-state index contributed by atoms with van der Waals surface area (Å²) in [7, 11) is 1.52. The third-order valence-electron chi connectivity index (χ3n) is 4.50. The summed E-state index contributed by atoms with van der Waals surface area (Å²) >= 11 is 0. The molecule has 0 saturated carbocycles. The zero-order chi connectivity index (χ0) is 18.8. The summed E-state index contributed by atoms with van der Waals surface area (Å²) < 4.78 is 10.5. The van der Waals surface area contributed by atoms with E-state index in [1.807, 2.05) is 30.3 Å². The van der Waals surface area contributed by atoms with Crippen LogP contribution in [0.2, 0.25) is 0 Å². The highest BCUT2D eigenvalue weighted by Gasteiger charge is 2.33. The Morgan fingerprint density at radius 1 is 1.22 bits per heavy atom. The van der Waals surface area contributed by atoms with Gasteiger partial charge in [0.1, 0.15) is 0 Å². The zero-order valence-corrected chi connectivity index (χ0v) is 14.6. The van der Waals surface area contributed by atoms with Gasteiger partial charge < -0.3 is 19.4 Å². The average molecular weight is 366 g/mol. The van der Waals surface area contributed by atoms with E-state index in [1.165, 1.54) is 13.4 Å². The van der Waals surface area contributed by atoms with Crippen LogP contribution in [0.25, 0.3) is 0 Å². The van der Waals surface area contributed by atoms with E-state index < -0.39 is 12.0 Å². The molecule has 8 heteroatoms. The van der Waals surface area contributed by atoms with Gasteiger partial charge in [0, 0.05) is 12.7 Å². The predicted molar refractivity (Wildman–Crippen MR) is 95.7 cm³/mol. The van der Waals surface area contributed by atoms with Crippen LogP contribution < -0.4 is 5.32 Å². The molecular formula is C19H18N4O4. The first-order valence-corrected chi connectivity index (χ1v) is 8.45. The number of furan rings is 1. The molecule has 0 fully saturated rings. The molecule has 138 valence electrons. The Bertz CT molecular complexity index is 950. The van der Waals surface area contributed by atoms with Gasteiger partial charge in [0.15, 0.2) is 17.7 Å². The van der Waals surface area contributed by atoms with Crippen molar-refractivity contribution in [2.24, 2.45) is 0 Å². The van der Waals surface area contributed by atoms with Crippen LogP contribution in [0, 0.1) is 0 Å². The van der Waals surface area contributed by atoms with E-state index in [-0.39, 0.29) is 11.7 Å². The third kappa shape index (κ3) is 3.22. The number of aromatic amines is 1. The Balaban J connectivity index is 1.49. The van der Waals surface area contributed by atoms with Gasteiger partial charge in [0.05, 0.1) is 25.0 Å². The fourth-order valence-electron chi connectivity index (χ4n) is 3.15. The molecule has 0 radical (unpaired) electrons. The molecule has 0 bridgehead atoms. The second-order valence-corrected chi connectivity index (χ2v) is 6.18. The summed E-state index contributed by atoms with van der Waals surface area (Å²) in [6.45, 7) is 0.718. The van der Waals surface area contributed by atoms with Gasteiger partial charge in [-0.05, 0) is 17.7 Å². The molecule has 4 rings (SSSR count). The second kappa shape index (κ2) is 7.08. The van der Waals surface area contributed by atoms with E-state index in [0.717, 1.165) is 16.8 Å². The van der Waals surface area contributed by atoms with Gasteiger partial charge in [0.2, 0.25) is 0 Å². The number of nitrogens with one attached hydrogen (secondary N) is 2. The van der Waals surface area contributed by atoms with Gasteiger partial charge in [-0.25, -0.2) is 0 Å². The van der Waals surface area contributed by atoms with Crippen molar-refractivity contribution in [3.63, 3.8) is 0 Å². The average Bonchev–Trinajstić information content (AvgIpc) is 3.42. The van der Waals surface area contributed by atoms with Crippen LogP contribution in [-0.4, -0.2) is 34.0 Å². The van der Waals surface area contributed by atoms with Crippen molar-refractivity contribution >= 4 is 17.6 Å². The molecule has 8 nitrogen and oxygen atoms in total. The number of anilines is 1. The lowest BCUT2D eigenvalue weighted by atomic mass is 10.1. The number of carbonyl (C=O) groups is 2. The largest absolute Gasteiger partial charge is 0.459 e. The number of H-pyrrole nitrogens is 1. The van der Waals surface area contributed by atoms with Crippen molar-refractivity contribution in [1.29, 1.82) is 0 Å². The number of nitrogens with zero attached hydrogens (tertiary/aromatic N) is 2. The highest BCUT2D eigenvalue weighted by atomic mass is 16.5. The maximum absolute atomic E-state index is 12.9. The summed E-state index contributed by atoms with van der Waals surface area (Å²) in [6.07, 6.45) is 0.753. The van der Waals surface area contributed by atoms with Crippen molar-refractivity contribution in [2.45, 2.75) is 19.2 Å². The Morgan fingerprint density at radius 2 is 2.04 bits per heavy atom. The van der Waals surface area contributed by atoms with E-state index in [4.69, 9.17) is 9.15 Å². The number of benzene rings is 1. The Kier molecular flexibility index (Phi) is 4.47. The zero-order valence-electron chi connectivity index (χ0n) is 14.6. The fourth-order valence-corrected chi connectivity index (χ4v) is 3.15. The molecule has 2 aromatic heterocycles. The molecule has 0 aliphatic carbocycles. The Labute approximate surface area is 155 Å². The normalized spacial score (nSPS) is 14.0. The van der Waals surface area contributed by atoms with E-state index >= 15 is 0 Å². The van der Waals surface area contributed by atoms with E-state index in [1.54, 1.807) is 17.0 Å². The molecule has 0 saturated heterocycles. The highest BCUT2D eigenvalue weighted by Crippen LogP contribution is 2.30. The smallest absolute Gasteiger partial charge is 0.292 e. The van der Waals surface area contributed by atoms with Crippen molar-refractivity contribution < 1.29 is 18.7 Å². The van der Waals surface area contributed by atoms with Crippen LogP contribution in [0.15, 0.2) is 53.1 Å². The van der Waals surface area contributed by atoms with Crippen LogP contribution >= 0.6 is 0 Å². The molecular weight excluding hydrogens is 348 g/mol. The Morgan fingerprint density at radius 3 is 2.74 bits per heavy atom. The molecule has 3 heterocycles. The number of aromatic nitrogens is 2. The molecule has 1 aliphatic heterocycles. The maximum atomic E-state index is 12.9. The number of carbonyl (C=O) groups excluding carboxylic acids is 2. The first-order chi connectivity index (χ1) is 13.2. The van der Waals surface area contributed by atoms with Gasteiger partial charge in [-0.15, -0.1) is 0 Å². The van der Waals surface area contributed by atoms with Crippen molar-refractivity contribution in [3.8, 4) is 0 Å². The molecule has 1 atom stereocenters. The van der Waals surface area contributed by atoms with Gasteiger partial charge in [-0.1, -0.05) is 30.3 Å². The van der Waals surface area contributed by atoms with Crippen LogP contribution in [0.4, 0.5) is 5.82 Å². The SMILES string of the molecule is CO[C@H](C(=O)N1Cc2[nH]nc(NC(=O)c3ccco3)c2C1)c1ccccc1. The van der Waals surface area contributed by atoms with Crippen LogP contribution in [0.1, 0.15) is 33.5 Å². The molecule has 2 N–H and O–H groups in total. The van der Waals surface area contributed by atoms with E-state index in [2.05, 4.69) is 15.5 Å². The topological polar surface area (TPSA) is 100 Å². The Hall–Kier alpha value is -3.39. The third-order valence-corrected chi connectivity index (χ3v) is 4.50. The minimum atomic E-state index is -0.677. The summed E-state index contributed by atoms with van der Waals surface area (Å²) in [5.74, 6) is 0.0614. The predicted octanol–water partition coefficient (Wildman–Crippen LogP) is 2.48. The number of hydrogen-bond acceptors (Lipinski definition) is 5. The van der Waals surface area contributed by atoms with Crippen LogP contribution in [0.3, 0.4) is 0 Å². The molecule has 2 amide bonds. The number of amides is 2. The minimum absolute atomic E-state index is 0.142. The second-order valence-electron chi connectivity index (χ2n) is 6.18. The maximum Gasteiger partial charge on any atom is 0.292 e. The first-order valence-electron chi connectivity index (χ1n) is 8.45. The van der Waals surface area contributed by atoms with Gasteiger partial charge in [-0.3, -0.25) is 14.7 Å². The molecule has 3 aromatic rings. The number of methoxy groups -OCH3 is 1. The van der Waals surface area contributed by atoms with Gasteiger partial charge in [0.25, 0.3) is 11.8 Å². The lowest BCUT2D eigenvalue weighted by molar-refractivity contribution is -0.143. The first kappa shape index (κ1) is 17.0. The molecule has 0 spiro atoms. The van der Waals surface area contributed by atoms with Gasteiger partial charge in [-0.2, -0.15) is 5.10 Å². The van der Waals surface area contributed by atoms with Crippen LogP contribution in [-0.2, 0) is 22.6 Å². The monoisotopic (exact) mass is 366 g/mol. The summed E-state index contributed by atoms with van der Waals surface area (Å²) in [5.41, 5.74) is 2.37. The molecule has 1 aromatic carbocycles. The fraction of sp³-hybridized carbons (Fsp3) is 0.211. The standard InChI is InChI=1S/C19H18N4O4/c1-26-16(12-6-3-2-4-7-12)19(25)23-10-13-14(11-23)21-22-17(13)20-18(24)15-8-5-9-27-15/h2-9,16H,10-11H2,1H3,(H2,20,21,22,24)/t16-/m0/s1. The quantitative estimate of drug-likeness (QED) is 0.722. The van der Waals surface area contributed by atoms with Gasteiger partial charge >= 0.3 is 0 Å². The summed E-state index contributed by atoms with van der Waals surface area (Å²) in [6, 6.07) is 12.6. The molecule has 27 heavy (non-hydrogen) atoms. The lowest BCUT2D eigenvalue weighted by Crippen LogP contribution is -2.32. The minimum Gasteiger partial charge on any atom is -0.459 e. The molecule has 1 aliphatic rings. The number of hydrogen-bond donors (Lipinski definition) is 2. The molecule has 0 unspecified atom stereocenters. The lowest BCUT2D eigenvalue weighted by Gasteiger charge is -2.22. The van der Waals surface area contributed by atoms with E-state index in [9.17, 15) is 9.59 Å². The number of rotatable bonds is 5. The van der Waals surface area contributed by atoms with Crippen LogP contribution in [0.5, 0.6) is 0 Å². The van der Waals surface area contributed by atoms with Crippen molar-refractivity contribution in [1.82, 2.24) is 15.1 Å². The van der Waals surface area contributed by atoms with E-state index in [0.29, 0.717) is 18.9 Å².